The first-order valence-electron chi connectivity index (χ1n) is 9.30. The third-order valence-electron chi connectivity index (χ3n) is 5.26. The molecule has 1 saturated heterocycles. The summed E-state index contributed by atoms with van der Waals surface area (Å²) < 4.78 is 7.87. The number of amides is 1. The van der Waals surface area contributed by atoms with Gasteiger partial charge in [-0.25, -0.2) is 0 Å². The summed E-state index contributed by atoms with van der Waals surface area (Å²) in [6.07, 6.45) is 2.83. The van der Waals surface area contributed by atoms with E-state index >= 15 is 0 Å². The minimum absolute atomic E-state index is 0.00605. The Morgan fingerprint density at radius 3 is 2.85 bits per heavy atom. The van der Waals surface area contributed by atoms with Crippen molar-refractivity contribution in [2.75, 3.05) is 33.3 Å². The van der Waals surface area contributed by atoms with E-state index in [4.69, 9.17) is 4.74 Å². The number of hydrogen-bond acceptors (Lipinski definition) is 5. The molecule has 0 aliphatic carbocycles. The molecule has 1 aromatic heterocycles. The Kier molecular flexibility index (Phi) is 4.88. The van der Waals surface area contributed by atoms with Crippen molar-refractivity contribution in [1.29, 1.82) is 0 Å². The first kappa shape index (κ1) is 17.0. The predicted molar refractivity (Wildman–Crippen MR) is 96.8 cm³/mol. The molecule has 0 saturated carbocycles. The zero-order valence-electron chi connectivity index (χ0n) is 15.2. The molecule has 4 rings (SSSR count). The molecule has 1 fully saturated rings. The number of benzene rings is 1. The molecule has 26 heavy (non-hydrogen) atoms. The van der Waals surface area contributed by atoms with Crippen molar-refractivity contribution in [2.24, 2.45) is 0 Å². The van der Waals surface area contributed by atoms with Crippen LogP contribution in [0.2, 0.25) is 0 Å². The second-order valence-corrected chi connectivity index (χ2v) is 7.03. The molecule has 2 aliphatic heterocycles. The maximum atomic E-state index is 12.7. The molecule has 3 heterocycles. The summed E-state index contributed by atoms with van der Waals surface area (Å²) in [5.41, 5.74) is 0. The Hall–Kier alpha value is -2.41. The quantitative estimate of drug-likeness (QED) is 0.832. The Bertz CT molecular complexity index is 761. The number of ether oxygens (including phenoxy) is 1. The van der Waals surface area contributed by atoms with Gasteiger partial charge in [-0.1, -0.05) is 18.2 Å². The zero-order chi connectivity index (χ0) is 17.9. The van der Waals surface area contributed by atoms with Crippen LogP contribution >= 0.6 is 0 Å². The van der Waals surface area contributed by atoms with Gasteiger partial charge in [0, 0.05) is 32.6 Å². The summed E-state index contributed by atoms with van der Waals surface area (Å²) >= 11 is 0. The van der Waals surface area contributed by atoms with Crippen LogP contribution < -0.4 is 4.74 Å². The highest BCUT2D eigenvalue weighted by atomic mass is 16.5. The monoisotopic (exact) mass is 355 g/mol. The van der Waals surface area contributed by atoms with Gasteiger partial charge in [0.05, 0.1) is 6.04 Å². The van der Waals surface area contributed by atoms with Crippen molar-refractivity contribution in [3.05, 3.63) is 42.0 Å². The van der Waals surface area contributed by atoms with Crippen LogP contribution in [-0.2, 0) is 17.8 Å². The van der Waals surface area contributed by atoms with E-state index in [-0.39, 0.29) is 18.6 Å². The van der Waals surface area contributed by atoms with Crippen LogP contribution in [-0.4, -0.2) is 63.8 Å². The topological polar surface area (TPSA) is 63.5 Å². The number of para-hydroxylation sites is 1. The summed E-state index contributed by atoms with van der Waals surface area (Å²) in [6, 6.07) is 9.47. The molecule has 0 spiro atoms. The number of nitrogens with zero attached hydrogens (tertiary/aromatic N) is 5. The third-order valence-corrected chi connectivity index (χ3v) is 5.26. The van der Waals surface area contributed by atoms with E-state index in [1.807, 2.05) is 35.2 Å². The fraction of sp³-hybridized carbons (Fsp3) is 0.526. The Morgan fingerprint density at radius 2 is 2.00 bits per heavy atom. The number of aromatic nitrogens is 3. The molecule has 2 aromatic rings. The van der Waals surface area contributed by atoms with Crippen LogP contribution in [0.5, 0.6) is 5.75 Å². The molecule has 7 nitrogen and oxygen atoms in total. The lowest BCUT2D eigenvalue weighted by atomic mass is 10.2. The molecule has 7 heteroatoms. The van der Waals surface area contributed by atoms with E-state index < -0.39 is 0 Å². The van der Waals surface area contributed by atoms with Crippen LogP contribution in [0.1, 0.15) is 30.5 Å². The summed E-state index contributed by atoms with van der Waals surface area (Å²) in [5.74, 6) is 2.69. The van der Waals surface area contributed by atoms with Crippen molar-refractivity contribution < 1.29 is 9.53 Å². The van der Waals surface area contributed by atoms with E-state index in [0.717, 1.165) is 62.8 Å². The van der Waals surface area contributed by atoms with Crippen molar-refractivity contribution in [3.63, 3.8) is 0 Å². The Labute approximate surface area is 153 Å². The van der Waals surface area contributed by atoms with E-state index in [1.165, 1.54) is 0 Å². The SMILES string of the molecule is CN1CCc2nnc(C3CCCN3C(=O)COc3ccccc3)n2CC1. The van der Waals surface area contributed by atoms with E-state index in [2.05, 4.69) is 26.7 Å². The summed E-state index contributed by atoms with van der Waals surface area (Å²) in [5, 5.41) is 8.86. The molecule has 1 amide bonds. The lowest BCUT2D eigenvalue weighted by Crippen LogP contribution is -2.35. The van der Waals surface area contributed by atoms with Gasteiger partial charge in [0.25, 0.3) is 5.91 Å². The molecule has 2 aliphatic rings. The third kappa shape index (κ3) is 3.44. The summed E-state index contributed by atoms with van der Waals surface area (Å²) in [6.45, 7) is 3.67. The molecule has 0 radical (unpaired) electrons. The van der Waals surface area contributed by atoms with Gasteiger partial charge < -0.3 is 19.1 Å². The fourth-order valence-corrected chi connectivity index (χ4v) is 3.78. The first-order valence-corrected chi connectivity index (χ1v) is 9.30. The molecule has 138 valence electrons. The van der Waals surface area contributed by atoms with Gasteiger partial charge in [0.2, 0.25) is 0 Å². The van der Waals surface area contributed by atoms with Crippen LogP contribution in [0.15, 0.2) is 30.3 Å². The molecular weight excluding hydrogens is 330 g/mol. The average molecular weight is 355 g/mol. The molecular formula is C19H25N5O2. The Morgan fingerprint density at radius 1 is 1.15 bits per heavy atom. The second kappa shape index (κ2) is 7.45. The van der Waals surface area contributed by atoms with Crippen molar-refractivity contribution in [1.82, 2.24) is 24.6 Å². The lowest BCUT2D eigenvalue weighted by molar-refractivity contribution is -0.134. The highest BCUT2D eigenvalue weighted by Gasteiger charge is 2.34. The molecule has 0 bridgehead atoms. The van der Waals surface area contributed by atoms with Crippen molar-refractivity contribution >= 4 is 5.91 Å². The normalized spacial score (nSPS) is 20.7. The van der Waals surface area contributed by atoms with Crippen LogP contribution in [0.25, 0.3) is 0 Å². The highest BCUT2D eigenvalue weighted by Crippen LogP contribution is 2.31. The largest absolute Gasteiger partial charge is 0.484 e. The number of carbonyl (C=O) groups excluding carboxylic acids is 1. The molecule has 1 unspecified atom stereocenters. The molecule has 1 atom stereocenters. The smallest absolute Gasteiger partial charge is 0.261 e. The lowest BCUT2D eigenvalue weighted by Gasteiger charge is -2.25. The second-order valence-electron chi connectivity index (χ2n) is 7.03. The highest BCUT2D eigenvalue weighted by molar-refractivity contribution is 5.78. The van der Waals surface area contributed by atoms with E-state index in [9.17, 15) is 4.79 Å². The maximum absolute atomic E-state index is 12.7. The maximum Gasteiger partial charge on any atom is 0.261 e. The Balaban J connectivity index is 1.47. The van der Waals surface area contributed by atoms with Crippen LogP contribution in [0, 0.1) is 0 Å². The zero-order valence-corrected chi connectivity index (χ0v) is 15.2. The van der Waals surface area contributed by atoms with E-state index in [0.29, 0.717) is 0 Å². The van der Waals surface area contributed by atoms with Gasteiger partial charge >= 0.3 is 0 Å². The number of likely N-dealkylation sites (N-methyl/N-ethyl adjacent to an activating group) is 1. The molecule has 0 N–H and O–H groups in total. The predicted octanol–water partition coefficient (Wildman–Crippen LogP) is 1.51. The number of hydrogen-bond donors (Lipinski definition) is 0. The van der Waals surface area contributed by atoms with Gasteiger partial charge in [-0.15, -0.1) is 10.2 Å². The average Bonchev–Trinajstić information content (AvgIpc) is 3.26. The van der Waals surface area contributed by atoms with Gasteiger partial charge in [0.15, 0.2) is 12.4 Å². The van der Waals surface area contributed by atoms with Crippen molar-refractivity contribution in [3.8, 4) is 5.75 Å². The van der Waals surface area contributed by atoms with E-state index in [1.54, 1.807) is 0 Å². The van der Waals surface area contributed by atoms with Gasteiger partial charge in [-0.3, -0.25) is 4.79 Å². The number of fused-ring (bicyclic) bond motifs is 1. The number of rotatable bonds is 4. The van der Waals surface area contributed by atoms with Gasteiger partial charge in [-0.05, 0) is 32.0 Å². The first-order chi connectivity index (χ1) is 12.7. The fourth-order valence-electron chi connectivity index (χ4n) is 3.78. The minimum Gasteiger partial charge on any atom is -0.484 e. The van der Waals surface area contributed by atoms with Gasteiger partial charge in [0.1, 0.15) is 11.6 Å². The van der Waals surface area contributed by atoms with Crippen LogP contribution in [0.4, 0.5) is 0 Å². The number of carbonyl (C=O) groups is 1. The van der Waals surface area contributed by atoms with Gasteiger partial charge in [-0.2, -0.15) is 0 Å². The van der Waals surface area contributed by atoms with Crippen LogP contribution in [0.3, 0.4) is 0 Å². The van der Waals surface area contributed by atoms with Crippen molar-refractivity contribution in [2.45, 2.75) is 31.8 Å². The summed E-state index contributed by atoms with van der Waals surface area (Å²) in [4.78, 5) is 17.0. The summed E-state index contributed by atoms with van der Waals surface area (Å²) in [7, 11) is 2.13. The number of likely N-dealkylation sites (tertiary alicyclic amines) is 1. The minimum atomic E-state index is 0.00605. The standard InChI is InChI=1S/C19H25N5O2/c1-22-11-9-17-20-21-19(24(17)13-12-22)16-8-5-10-23(16)18(25)14-26-15-6-3-2-4-7-15/h2-4,6-7,16H,5,8-14H2,1H3. The molecule has 1 aromatic carbocycles.